The van der Waals surface area contributed by atoms with Crippen molar-refractivity contribution in [3.63, 3.8) is 0 Å². The molecule has 9 heteroatoms. The zero-order valence-corrected chi connectivity index (χ0v) is 18.0. The SMILES string of the molecule is Cc1cc(C)n2cc(CSc3nnc(-c4cccs4)n3C[C@@H]3CCCO3)nc2n1. The van der Waals surface area contributed by atoms with Crippen LogP contribution >= 0.6 is 23.1 Å². The second-order valence-electron chi connectivity index (χ2n) is 7.26. The monoisotopic (exact) mass is 426 g/mol. The summed E-state index contributed by atoms with van der Waals surface area (Å²) >= 11 is 3.35. The molecule has 4 aromatic rings. The Hall–Kier alpha value is -2.23. The van der Waals surface area contributed by atoms with Crippen molar-refractivity contribution in [1.29, 1.82) is 0 Å². The van der Waals surface area contributed by atoms with Crippen molar-refractivity contribution in [2.75, 3.05) is 6.61 Å². The second-order valence-corrected chi connectivity index (χ2v) is 9.15. The van der Waals surface area contributed by atoms with E-state index in [0.717, 1.165) is 70.5 Å². The minimum atomic E-state index is 0.231. The van der Waals surface area contributed by atoms with E-state index in [0.29, 0.717) is 0 Å². The number of nitrogens with zero attached hydrogens (tertiary/aromatic N) is 6. The number of thiophene rings is 1. The van der Waals surface area contributed by atoms with Crippen LogP contribution in [0.3, 0.4) is 0 Å². The summed E-state index contributed by atoms with van der Waals surface area (Å²) in [5, 5.41) is 12.0. The van der Waals surface area contributed by atoms with Crippen LogP contribution in [0, 0.1) is 13.8 Å². The van der Waals surface area contributed by atoms with Gasteiger partial charge in [-0.15, -0.1) is 21.5 Å². The molecule has 0 bridgehead atoms. The van der Waals surface area contributed by atoms with Crippen molar-refractivity contribution >= 4 is 28.9 Å². The van der Waals surface area contributed by atoms with Crippen molar-refractivity contribution in [3.05, 3.63) is 46.9 Å². The number of aryl methyl sites for hydroxylation is 2. The minimum Gasteiger partial charge on any atom is -0.376 e. The lowest BCUT2D eigenvalue weighted by Gasteiger charge is -2.14. The van der Waals surface area contributed by atoms with Gasteiger partial charge in [0.05, 0.1) is 23.2 Å². The average Bonchev–Trinajstić information content (AvgIpc) is 3.48. The lowest BCUT2D eigenvalue weighted by Crippen LogP contribution is -2.16. The standard InChI is InChI=1S/C20H22N6OS2/c1-13-9-14(2)25-10-15(22-19(25)21-13)12-29-20-24-23-18(17-6-4-8-28-17)26(20)11-16-5-3-7-27-16/h4,6,8-10,16H,3,5,7,11-12H2,1-2H3/t16-/m0/s1. The Morgan fingerprint density at radius 2 is 2.21 bits per heavy atom. The summed E-state index contributed by atoms with van der Waals surface area (Å²) in [7, 11) is 0. The quantitative estimate of drug-likeness (QED) is 0.432. The number of ether oxygens (including phenoxy) is 1. The van der Waals surface area contributed by atoms with E-state index in [1.807, 2.05) is 17.4 Å². The predicted octanol–water partition coefficient (Wildman–Crippen LogP) is 4.14. The first-order valence-electron chi connectivity index (χ1n) is 9.71. The van der Waals surface area contributed by atoms with Gasteiger partial charge in [0, 0.05) is 29.9 Å². The molecule has 1 aliphatic heterocycles. The molecule has 29 heavy (non-hydrogen) atoms. The summed E-state index contributed by atoms with van der Waals surface area (Å²) in [6.45, 7) is 5.70. The van der Waals surface area contributed by atoms with Gasteiger partial charge < -0.3 is 4.74 Å². The Morgan fingerprint density at radius 3 is 3.00 bits per heavy atom. The number of rotatable bonds is 6. The van der Waals surface area contributed by atoms with Crippen LogP contribution in [0.5, 0.6) is 0 Å². The van der Waals surface area contributed by atoms with E-state index in [1.165, 1.54) is 0 Å². The molecule has 1 atom stereocenters. The molecule has 1 saturated heterocycles. The van der Waals surface area contributed by atoms with Crippen molar-refractivity contribution in [1.82, 2.24) is 29.1 Å². The molecule has 0 aliphatic carbocycles. The highest BCUT2D eigenvalue weighted by atomic mass is 32.2. The first-order valence-corrected chi connectivity index (χ1v) is 11.6. The molecule has 0 radical (unpaired) electrons. The second kappa shape index (κ2) is 7.89. The Labute approximate surface area is 177 Å². The molecule has 0 aromatic carbocycles. The minimum absolute atomic E-state index is 0.231. The molecular weight excluding hydrogens is 404 g/mol. The molecule has 0 unspecified atom stereocenters. The van der Waals surface area contributed by atoms with Crippen LogP contribution in [-0.2, 0) is 17.0 Å². The number of imidazole rings is 1. The van der Waals surface area contributed by atoms with E-state index in [2.05, 4.69) is 50.4 Å². The molecule has 150 valence electrons. The van der Waals surface area contributed by atoms with E-state index in [-0.39, 0.29) is 6.10 Å². The van der Waals surface area contributed by atoms with Gasteiger partial charge >= 0.3 is 0 Å². The number of thioether (sulfide) groups is 1. The molecule has 0 N–H and O–H groups in total. The van der Waals surface area contributed by atoms with Gasteiger partial charge in [0.15, 0.2) is 11.0 Å². The molecule has 5 heterocycles. The zero-order chi connectivity index (χ0) is 19.8. The maximum Gasteiger partial charge on any atom is 0.234 e. The number of fused-ring (bicyclic) bond motifs is 1. The van der Waals surface area contributed by atoms with Gasteiger partial charge in [-0.05, 0) is 44.2 Å². The van der Waals surface area contributed by atoms with Gasteiger partial charge in [0.2, 0.25) is 5.78 Å². The third-order valence-corrected chi connectivity index (χ3v) is 6.90. The first kappa shape index (κ1) is 18.8. The predicted molar refractivity (Wildman–Crippen MR) is 114 cm³/mol. The summed E-state index contributed by atoms with van der Waals surface area (Å²) in [5.74, 6) is 2.38. The lowest BCUT2D eigenvalue weighted by atomic mass is 10.2. The maximum atomic E-state index is 5.87. The highest BCUT2D eigenvalue weighted by Gasteiger charge is 2.22. The van der Waals surface area contributed by atoms with Crippen molar-refractivity contribution in [2.45, 2.75) is 50.2 Å². The first-order chi connectivity index (χ1) is 14.2. The van der Waals surface area contributed by atoms with Gasteiger partial charge in [-0.3, -0.25) is 8.97 Å². The topological polar surface area (TPSA) is 70.1 Å². The highest BCUT2D eigenvalue weighted by molar-refractivity contribution is 7.98. The van der Waals surface area contributed by atoms with Gasteiger partial charge in [0.25, 0.3) is 0 Å². The number of aromatic nitrogens is 6. The lowest BCUT2D eigenvalue weighted by molar-refractivity contribution is 0.0953. The van der Waals surface area contributed by atoms with Crippen LogP contribution in [0.15, 0.2) is 34.9 Å². The van der Waals surface area contributed by atoms with E-state index in [4.69, 9.17) is 9.72 Å². The molecule has 0 spiro atoms. The molecule has 1 aliphatic rings. The Morgan fingerprint density at radius 1 is 1.28 bits per heavy atom. The van der Waals surface area contributed by atoms with Crippen LogP contribution in [0.25, 0.3) is 16.5 Å². The fraction of sp³-hybridized carbons (Fsp3) is 0.400. The maximum absolute atomic E-state index is 5.87. The van der Waals surface area contributed by atoms with E-state index >= 15 is 0 Å². The smallest absolute Gasteiger partial charge is 0.234 e. The van der Waals surface area contributed by atoms with Crippen molar-refractivity contribution in [3.8, 4) is 10.7 Å². The zero-order valence-electron chi connectivity index (χ0n) is 16.4. The summed E-state index contributed by atoms with van der Waals surface area (Å²) in [6.07, 6.45) is 4.50. The van der Waals surface area contributed by atoms with Gasteiger partial charge in [0.1, 0.15) is 0 Å². The molecule has 0 amide bonds. The fourth-order valence-electron chi connectivity index (χ4n) is 3.67. The van der Waals surface area contributed by atoms with E-state index in [1.54, 1.807) is 23.1 Å². The van der Waals surface area contributed by atoms with Crippen LogP contribution in [-0.4, -0.2) is 41.8 Å². The number of hydrogen-bond acceptors (Lipinski definition) is 7. The van der Waals surface area contributed by atoms with Crippen LogP contribution in [0.4, 0.5) is 0 Å². The largest absolute Gasteiger partial charge is 0.376 e. The molecule has 7 nitrogen and oxygen atoms in total. The normalized spacial score (nSPS) is 16.8. The summed E-state index contributed by atoms with van der Waals surface area (Å²) in [4.78, 5) is 10.4. The summed E-state index contributed by atoms with van der Waals surface area (Å²) in [6, 6.07) is 6.21. The van der Waals surface area contributed by atoms with Crippen LogP contribution in [0.1, 0.15) is 29.9 Å². The van der Waals surface area contributed by atoms with Gasteiger partial charge in [-0.25, -0.2) is 9.97 Å². The van der Waals surface area contributed by atoms with Crippen LogP contribution in [0.2, 0.25) is 0 Å². The molecule has 5 rings (SSSR count). The molecule has 4 aromatic heterocycles. The Kier molecular flexibility index (Phi) is 5.11. The summed E-state index contributed by atoms with van der Waals surface area (Å²) < 4.78 is 10.1. The highest BCUT2D eigenvalue weighted by Crippen LogP contribution is 2.30. The van der Waals surface area contributed by atoms with Gasteiger partial charge in [-0.2, -0.15) is 0 Å². The van der Waals surface area contributed by atoms with Gasteiger partial charge in [-0.1, -0.05) is 17.8 Å². The third-order valence-electron chi connectivity index (χ3n) is 5.03. The average molecular weight is 427 g/mol. The van der Waals surface area contributed by atoms with Crippen LogP contribution < -0.4 is 0 Å². The Balaban J connectivity index is 1.41. The molecular formula is C20H22N6OS2. The molecule has 0 saturated carbocycles. The third kappa shape index (κ3) is 3.82. The Bertz CT molecular complexity index is 1130. The van der Waals surface area contributed by atoms with Crippen molar-refractivity contribution in [2.24, 2.45) is 0 Å². The fourth-order valence-corrected chi connectivity index (χ4v) is 5.22. The number of hydrogen-bond donors (Lipinski definition) is 0. The van der Waals surface area contributed by atoms with E-state index < -0.39 is 0 Å². The van der Waals surface area contributed by atoms with E-state index in [9.17, 15) is 0 Å². The van der Waals surface area contributed by atoms with Crippen molar-refractivity contribution < 1.29 is 4.74 Å². The molecule has 1 fully saturated rings. The summed E-state index contributed by atoms with van der Waals surface area (Å²) in [5.41, 5.74) is 3.11.